The molecule has 0 atom stereocenters. The lowest BCUT2D eigenvalue weighted by Gasteiger charge is -2.04. The van der Waals surface area contributed by atoms with Crippen LogP contribution in [0.2, 0.25) is 0 Å². The Morgan fingerprint density at radius 1 is 0.880 bits per heavy atom. The number of nitro benzene ring substituents is 2. The second kappa shape index (κ2) is 6.85. The van der Waals surface area contributed by atoms with Crippen molar-refractivity contribution in [1.29, 1.82) is 0 Å². The average Bonchev–Trinajstić information content (AvgIpc) is 2.50. The molecule has 0 saturated carbocycles. The maximum absolute atomic E-state index is 10.8. The van der Waals surface area contributed by atoms with Crippen LogP contribution in [0.15, 0.2) is 23.3 Å². The van der Waals surface area contributed by atoms with Crippen LogP contribution < -0.4 is 5.43 Å². The molecule has 17 heteroatoms. The van der Waals surface area contributed by atoms with Crippen LogP contribution in [0.25, 0.3) is 0 Å². The zero-order valence-electron chi connectivity index (χ0n) is 11.6. The zero-order chi connectivity index (χ0) is 19.4. The number of nitrogens with one attached hydrogen (secondary N) is 1. The molecule has 25 heavy (non-hydrogen) atoms. The van der Waals surface area contributed by atoms with Crippen LogP contribution in [0.5, 0.6) is 0 Å². The second-order valence-corrected chi connectivity index (χ2v) is 4.04. The van der Waals surface area contributed by atoms with Gasteiger partial charge in [-0.15, -0.1) is 0 Å². The van der Waals surface area contributed by atoms with Crippen LogP contribution in [0, 0.1) is 50.6 Å². The molecule has 0 amide bonds. The van der Waals surface area contributed by atoms with Crippen LogP contribution in [0.3, 0.4) is 0 Å². The van der Waals surface area contributed by atoms with Crippen LogP contribution in [0.4, 0.5) is 17.1 Å². The van der Waals surface area contributed by atoms with Crippen LogP contribution in [0.1, 0.15) is 0 Å². The molecular formula is C8H5N7O10. The standard InChI is InChI=1S/C8H5N7O10/c16-11(17)5-1-2-6(7(3-5)12(18)19)10-9-4-8(13(20)21,14(22)23)15(24)25/h1-4,10H. The first kappa shape index (κ1) is 18.7. The van der Waals surface area contributed by atoms with Gasteiger partial charge in [-0.25, -0.2) is 0 Å². The van der Waals surface area contributed by atoms with Gasteiger partial charge in [0.25, 0.3) is 11.9 Å². The number of anilines is 1. The largest absolute Gasteiger partial charge is 0.740 e. The number of hydrazone groups is 1. The van der Waals surface area contributed by atoms with Gasteiger partial charge in [0.2, 0.25) is 0 Å². The van der Waals surface area contributed by atoms with E-state index in [0.29, 0.717) is 6.07 Å². The molecule has 0 aromatic heterocycles. The fraction of sp³-hybridized carbons (Fsp3) is 0.125. The fourth-order valence-electron chi connectivity index (χ4n) is 1.41. The average molecular weight is 359 g/mol. The summed E-state index contributed by atoms with van der Waals surface area (Å²) in [7, 11) is 0. The number of non-ortho nitro benzene ring substituents is 1. The summed E-state index contributed by atoms with van der Waals surface area (Å²) >= 11 is 0. The van der Waals surface area contributed by atoms with E-state index in [-0.39, 0.29) is 6.21 Å². The highest BCUT2D eigenvalue weighted by atomic mass is 16.7. The van der Waals surface area contributed by atoms with E-state index in [4.69, 9.17) is 0 Å². The van der Waals surface area contributed by atoms with Gasteiger partial charge in [0.05, 0.1) is 15.9 Å². The second-order valence-electron chi connectivity index (χ2n) is 4.04. The van der Waals surface area contributed by atoms with Crippen molar-refractivity contribution in [2.45, 2.75) is 5.79 Å². The molecule has 1 rings (SSSR count). The quantitative estimate of drug-likeness (QED) is 0.288. The van der Waals surface area contributed by atoms with Crippen molar-refractivity contribution < 1.29 is 24.6 Å². The number of hydrogen-bond acceptors (Lipinski definition) is 12. The summed E-state index contributed by atoms with van der Waals surface area (Å²) in [5.74, 6) is -4.01. The summed E-state index contributed by atoms with van der Waals surface area (Å²) < 4.78 is 0. The number of benzene rings is 1. The Morgan fingerprint density at radius 2 is 1.40 bits per heavy atom. The van der Waals surface area contributed by atoms with E-state index in [1.807, 2.05) is 0 Å². The lowest BCUT2D eigenvalue weighted by molar-refractivity contribution is -0.943. The van der Waals surface area contributed by atoms with Crippen molar-refractivity contribution >= 4 is 23.3 Å². The Hall–Kier alpha value is -4.31. The summed E-state index contributed by atoms with van der Waals surface area (Å²) in [6.07, 6.45) is -0.280. The van der Waals surface area contributed by atoms with Gasteiger partial charge in [-0.1, -0.05) is 0 Å². The van der Waals surface area contributed by atoms with Gasteiger partial charge < -0.3 is 0 Å². The van der Waals surface area contributed by atoms with Crippen molar-refractivity contribution in [3.8, 4) is 0 Å². The summed E-state index contributed by atoms with van der Waals surface area (Å²) in [5.41, 5.74) is -0.318. The molecule has 1 N–H and O–H groups in total. The third kappa shape index (κ3) is 3.55. The highest BCUT2D eigenvalue weighted by molar-refractivity contribution is 5.69. The zero-order valence-corrected chi connectivity index (χ0v) is 11.6. The van der Waals surface area contributed by atoms with Gasteiger partial charge in [-0.2, -0.15) is 5.10 Å². The summed E-state index contributed by atoms with van der Waals surface area (Å²) in [6.45, 7) is 0. The number of nitrogens with zero attached hydrogens (tertiary/aromatic N) is 6. The van der Waals surface area contributed by atoms with E-state index in [2.05, 4.69) is 5.10 Å². The molecule has 1 aromatic rings. The molecule has 132 valence electrons. The number of nitro groups is 5. The first-order chi connectivity index (χ1) is 11.5. The van der Waals surface area contributed by atoms with Crippen molar-refractivity contribution in [1.82, 2.24) is 0 Å². The van der Waals surface area contributed by atoms with E-state index < -0.39 is 47.5 Å². The van der Waals surface area contributed by atoms with Gasteiger partial charge in [0, 0.05) is 6.07 Å². The lowest BCUT2D eigenvalue weighted by Crippen LogP contribution is -2.54. The van der Waals surface area contributed by atoms with Gasteiger partial charge >= 0.3 is 11.5 Å². The molecule has 0 aliphatic rings. The first-order valence-corrected chi connectivity index (χ1v) is 5.70. The van der Waals surface area contributed by atoms with E-state index >= 15 is 0 Å². The molecular weight excluding hydrogens is 354 g/mol. The molecule has 0 fully saturated rings. The third-order valence-corrected chi connectivity index (χ3v) is 2.62. The van der Waals surface area contributed by atoms with Crippen LogP contribution in [-0.2, 0) is 0 Å². The summed E-state index contributed by atoms with van der Waals surface area (Å²) in [6, 6.07) is 2.13. The van der Waals surface area contributed by atoms with E-state index in [1.54, 1.807) is 5.43 Å². The topological polar surface area (TPSA) is 240 Å². The predicted molar refractivity (Wildman–Crippen MR) is 75.6 cm³/mol. The Bertz CT molecular complexity index is 768. The Kier molecular flexibility index (Phi) is 5.13. The van der Waals surface area contributed by atoms with E-state index in [9.17, 15) is 50.6 Å². The van der Waals surface area contributed by atoms with Crippen molar-refractivity contribution in [3.63, 3.8) is 0 Å². The maximum Gasteiger partial charge on any atom is 0.740 e. The highest BCUT2D eigenvalue weighted by Gasteiger charge is 2.69. The van der Waals surface area contributed by atoms with Crippen molar-refractivity contribution in [3.05, 3.63) is 68.8 Å². The smallest absolute Gasteiger partial charge is 0.271 e. The molecule has 0 saturated heterocycles. The SMILES string of the molecule is O=[N+]([O-])c1ccc(NN=CC([N+](=O)[O-])([N+](=O)[O-])[N+](=O)[O-])c([N+](=O)[O-])c1. The molecule has 0 aliphatic carbocycles. The van der Waals surface area contributed by atoms with E-state index in [0.717, 1.165) is 12.1 Å². The minimum absolute atomic E-state index is 0.280. The molecule has 17 nitrogen and oxygen atoms in total. The van der Waals surface area contributed by atoms with Crippen molar-refractivity contribution in [2.75, 3.05) is 5.43 Å². The normalized spacial score (nSPS) is 11.0. The Balaban J connectivity index is 3.26. The van der Waals surface area contributed by atoms with Gasteiger partial charge in [-0.05, 0) is 6.07 Å². The lowest BCUT2D eigenvalue weighted by atomic mass is 10.2. The van der Waals surface area contributed by atoms with Crippen molar-refractivity contribution in [2.24, 2.45) is 5.10 Å². The Morgan fingerprint density at radius 3 is 1.80 bits per heavy atom. The molecule has 1 aromatic carbocycles. The molecule has 0 spiro atoms. The number of hydrogen-bond donors (Lipinski definition) is 1. The predicted octanol–water partition coefficient (Wildman–Crippen LogP) is 0.385. The third-order valence-electron chi connectivity index (χ3n) is 2.62. The highest BCUT2D eigenvalue weighted by Crippen LogP contribution is 2.28. The summed E-state index contributed by atoms with van der Waals surface area (Å²) in [4.78, 5) is 45.9. The van der Waals surface area contributed by atoms with Crippen LogP contribution >= 0.6 is 0 Å². The summed E-state index contributed by atoms with van der Waals surface area (Å²) in [5, 5.41) is 56.3. The minimum Gasteiger partial charge on any atom is -0.271 e. The Labute approximate surface area is 134 Å². The molecule has 0 bridgehead atoms. The van der Waals surface area contributed by atoms with Gasteiger partial charge in [-0.3, -0.25) is 56.0 Å². The molecule has 0 radical (unpaired) electrons. The monoisotopic (exact) mass is 359 g/mol. The minimum atomic E-state index is -4.01. The molecule has 0 aliphatic heterocycles. The van der Waals surface area contributed by atoms with Crippen LogP contribution in [-0.4, -0.2) is 36.6 Å². The molecule has 0 heterocycles. The van der Waals surface area contributed by atoms with Gasteiger partial charge in [0.1, 0.15) is 5.69 Å². The number of rotatable bonds is 8. The fourth-order valence-corrected chi connectivity index (χ4v) is 1.41. The first-order valence-electron chi connectivity index (χ1n) is 5.70. The van der Waals surface area contributed by atoms with E-state index in [1.165, 1.54) is 0 Å². The molecule has 0 unspecified atom stereocenters. The maximum atomic E-state index is 10.8. The van der Waals surface area contributed by atoms with Gasteiger partial charge in [0.15, 0.2) is 14.8 Å².